The van der Waals surface area contributed by atoms with Crippen molar-refractivity contribution in [2.45, 2.75) is 143 Å². The lowest BCUT2D eigenvalue weighted by atomic mass is 9.93. The lowest BCUT2D eigenvalue weighted by molar-refractivity contribution is -0.131. The molecule has 0 radical (unpaired) electrons. The highest BCUT2D eigenvalue weighted by Gasteiger charge is 2.49. The lowest BCUT2D eigenvalue weighted by Crippen LogP contribution is -2.60. The van der Waals surface area contributed by atoms with Crippen molar-refractivity contribution >= 4 is 47.8 Å². The maximum absolute atomic E-state index is 11.7. The standard InChI is InChI=1S/C37H68O6Si5/c1-32(38)40-36-26-18-16-22-34(36)24-20-29-46(10,11)42-48(14,43-47(12,13)30-27-37(2,3)31-44(5,6)7)41-45(8,9)28-19-23-33-21-15-17-25-35(33)39-4/h15-18,21-22,25-26H,19-20,23-24,27-31H2,1-14H3. The van der Waals surface area contributed by atoms with E-state index in [0.717, 1.165) is 55.1 Å². The van der Waals surface area contributed by atoms with E-state index in [9.17, 15) is 4.79 Å². The molecule has 0 aliphatic heterocycles. The SMILES string of the molecule is COc1ccccc1CCC[Si](C)(C)O[Si](C)(O[Si](C)(C)CCCc1ccccc1OC(C)=O)O[Si](C)(C)CCC(C)(C)C[Si](C)(C)C. The summed E-state index contributed by atoms with van der Waals surface area (Å²) in [6.07, 6.45) is 4.96. The van der Waals surface area contributed by atoms with Crippen LogP contribution in [-0.4, -0.2) is 54.9 Å². The predicted molar refractivity (Wildman–Crippen MR) is 216 cm³/mol. The number of aryl methyl sites for hydroxylation is 2. The largest absolute Gasteiger partial charge is 0.496 e. The zero-order chi connectivity index (χ0) is 36.4. The van der Waals surface area contributed by atoms with Gasteiger partial charge in [-0.05, 0) is 118 Å². The van der Waals surface area contributed by atoms with E-state index >= 15 is 0 Å². The van der Waals surface area contributed by atoms with Crippen LogP contribution in [0, 0.1) is 5.41 Å². The summed E-state index contributed by atoms with van der Waals surface area (Å²) in [6.45, 7) is 30.0. The summed E-state index contributed by atoms with van der Waals surface area (Å²) in [5, 5.41) is 0. The monoisotopic (exact) mass is 748 g/mol. The van der Waals surface area contributed by atoms with Gasteiger partial charge in [0.1, 0.15) is 11.5 Å². The molecule has 48 heavy (non-hydrogen) atoms. The minimum atomic E-state index is -3.01. The summed E-state index contributed by atoms with van der Waals surface area (Å²) in [4.78, 5) is 11.7. The molecule has 0 aliphatic carbocycles. The molecule has 0 heterocycles. The Labute approximate surface area is 299 Å². The van der Waals surface area contributed by atoms with Gasteiger partial charge >= 0.3 is 14.8 Å². The van der Waals surface area contributed by atoms with Crippen LogP contribution >= 0.6 is 0 Å². The second kappa shape index (κ2) is 17.7. The van der Waals surface area contributed by atoms with Gasteiger partial charge in [0.2, 0.25) is 0 Å². The highest BCUT2D eigenvalue weighted by Crippen LogP contribution is 2.37. The van der Waals surface area contributed by atoms with E-state index in [-0.39, 0.29) is 5.97 Å². The Kier molecular flexibility index (Phi) is 15.8. The van der Waals surface area contributed by atoms with E-state index in [1.807, 2.05) is 30.3 Å². The van der Waals surface area contributed by atoms with Gasteiger partial charge in [-0.3, -0.25) is 4.79 Å². The summed E-state index contributed by atoms with van der Waals surface area (Å²) >= 11 is 0. The molecule has 0 amide bonds. The maximum atomic E-state index is 11.7. The van der Waals surface area contributed by atoms with Crippen molar-refractivity contribution in [2.24, 2.45) is 5.41 Å². The van der Waals surface area contributed by atoms with Gasteiger partial charge in [0.15, 0.2) is 25.0 Å². The highest BCUT2D eigenvalue weighted by atomic mass is 28.5. The lowest BCUT2D eigenvalue weighted by Gasteiger charge is -2.44. The molecule has 11 heteroatoms. The number of methoxy groups -OCH3 is 1. The fraction of sp³-hybridized carbons (Fsp3) is 0.649. The number of carbonyl (C=O) groups is 1. The van der Waals surface area contributed by atoms with Crippen molar-refractivity contribution < 1.29 is 26.6 Å². The van der Waals surface area contributed by atoms with Crippen molar-refractivity contribution in [3.63, 3.8) is 0 Å². The van der Waals surface area contributed by atoms with Crippen LogP contribution in [0.4, 0.5) is 0 Å². The second-order valence-corrected chi connectivity index (χ2v) is 39.3. The molecule has 0 aromatic heterocycles. The topological polar surface area (TPSA) is 63.2 Å². The first-order valence-corrected chi connectivity index (χ1v) is 33.2. The molecule has 2 aromatic rings. The van der Waals surface area contributed by atoms with E-state index in [1.165, 1.54) is 25.0 Å². The molecule has 1 atom stereocenters. The molecular weight excluding hydrogens is 681 g/mol. The number of para-hydroxylation sites is 2. The quantitative estimate of drug-likeness (QED) is 0.0719. The molecule has 0 N–H and O–H groups in total. The van der Waals surface area contributed by atoms with Crippen LogP contribution in [-0.2, 0) is 30.0 Å². The summed E-state index contributed by atoms with van der Waals surface area (Å²) in [6, 6.07) is 20.6. The summed E-state index contributed by atoms with van der Waals surface area (Å²) in [7, 11) is -8.90. The fourth-order valence-electron chi connectivity index (χ4n) is 7.17. The second-order valence-electron chi connectivity index (χ2n) is 17.6. The molecule has 1 unspecified atom stereocenters. The van der Waals surface area contributed by atoms with Gasteiger partial charge in [-0.15, -0.1) is 0 Å². The van der Waals surface area contributed by atoms with Crippen LogP contribution in [0.2, 0.25) is 89.6 Å². The predicted octanol–water partition coefficient (Wildman–Crippen LogP) is 11.2. The summed E-state index contributed by atoms with van der Waals surface area (Å²) in [5.74, 6) is 1.32. The minimum absolute atomic E-state index is 0.290. The molecule has 0 aliphatic rings. The van der Waals surface area contributed by atoms with Crippen LogP contribution < -0.4 is 9.47 Å². The average Bonchev–Trinajstić information content (AvgIpc) is 2.90. The van der Waals surface area contributed by atoms with Gasteiger partial charge < -0.3 is 21.8 Å². The van der Waals surface area contributed by atoms with Gasteiger partial charge in [-0.25, -0.2) is 0 Å². The maximum Gasteiger partial charge on any atom is 0.466 e. The van der Waals surface area contributed by atoms with Crippen molar-refractivity contribution in [2.75, 3.05) is 7.11 Å². The van der Waals surface area contributed by atoms with E-state index in [1.54, 1.807) is 7.11 Å². The summed E-state index contributed by atoms with van der Waals surface area (Å²) < 4.78 is 32.9. The number of esters is 1. The first kappa shape index (κ1) is 42.8. The molecule has 2 aromatic carbocycles. The molecule has 272 valence electrons. The molecule has 0 saturated carbocycles. The molecule has 2 rings (SSSR count). The van der Waals surface area contributed by atoms with Crippen LogP contribution in [0.1, 0.15) is 51.2 Å². The molecule has 0 spiro atoms. The van der Waals surface area contributed by atoms with E-state index in [4.69, 9.17) is 21.8 Å². The molecule has 0 fully saturated rings. The Morgan fingerprint density at radius 1 is 0.646 bits per heavy atom. The smallest absolute Gasteiger partial charge is 0.466 e. The number of hydrogen-bond acceptors (Lipinski definition) is 6. The zero-order valence-corrected chi connectivity index (χ0v) is 37.9. The van der Waals surface area contributed by atoms with Crippen molar-refractivity contribution in [1.82, 2.24) is 0 Å². The molecule has 0 saturated heterocycles. The Balaban J connectivity index is 2.22. The number of rotatable bonds is 21. The summed E-state index contributed by atoms with van der Waals surface area (Å²) in [5.41, 5.74) is 2.61. The number of ether oxygens (including phenoxy) is 2. The normalized spacial score (nSPS) is 14.5. The average molecular weight is 749 g/mol. The number of hydrogen-bond donors (Lipinski definition) is 0. The first-order valence-electron chi connectivity index (χ1n) is 17.9. The third-order valence-corrected chi connectivity index (χ3v) is 26.3. The Morgan fingerprint density at radius 3 is 1.50 bits per heavy atom. The Hall–Kier alpha value is -1.33. The third-order valence-electron chi connectivity index (χ3n) is 8.67. The molecule has 6 nitrogen and oxygen atoms in total. The van der Waals surface area contributed by atoms with E-state index in [2.05, 4.69) is 97.5 Å². The van der Waals surface area contributed by atoms with E-state index in [0.29, 0.717) is 11.2 Å². The highest BCUT2D eigenvalue weighted by molar-refractivity contribution is 6.90. The van der Waals surface area contributed by atoms with Gasteiger partial charge in [-0.1, -0.05) is 75.9 Å². The Morgan fingerprint density at radius 2 is 1.06 bits per heavy atom. The van der Waals surface area contributed by atoms with E-state index < -0.39 is 41.8 Å². The van der Waals surface area contributed by atoms with Crippen LogP contribution in [0.5, 0.6) is 11.5 Å². The van der Waals surface area contributed by atoms with Crippen molar-refractivity contribution in [3.8, 4) is 11.5 Å². The molecular formula is C37H68O6Si5. The van der Waals surface area contributed by atoms with Gasteiger partial charge in [0.25, 0.3) is 0 Å². The van der Waals surface area contributed by atoms with Crippen molar-refractivity contribution in [3.05, 3.63) is 59.7 Å². The molecule has 0 bridgehead atoms. The Bertz CT molecular complexity index is 1310. The minimum Gasteiger partial charge on any atom is -0.496 e. The van der Waals surface area contributed by atoms with Crippen LogP contribution in [0.15, 0.2) is 48.5 Å². The third kappa shape index (κ3) is 16.6. The van der Waals surface area contributed by atoms with Crippen LogP contribution in [0.3, 0.4) is 0 Å². The first-order chi connectivity index (χ1) is 21.9. The van der Waals surface area contributed by atoms with Gasteiger partial charge in [0, 0.05) is 21.5 Å². The van der Waals surface area contributed by atoms with Gasteiger partial charge in [0.05, 0.1) is 7.11 Å². The number of carbonyl (C=O) groups excluding carboxylic acids is 1. The number of benzene rings is 2. The van der Waals surface area contributed by atoms with Gasteiger partial charge in [-0.2, -0.15) is 0 Å². The van der Waals surface area contributed by atoms with Crippen molar-refractivity contribution in [1.29, 1.82) is 0 Å². The van der Waals surface area contributed by atoms with Crippen LogP contribution in [0.25, 0.3) is 0 Å². The zero-order valence-electron chi connectivity index (χ0n) is 32.9. The fourth-order valence-corrected chi connectivity index (χ4v) is 28.4.